The molecule has 1 unspecified atom stereocenters. The van der Waals surface area contributed by atoms with Crippen molar-refractivity contribution in [1.82, 2.24) is 29.8 Å². The first-order chi connectivity index (χ1) is 13.5. The van der Waals surface area contributed by atoms with E-state index in [0.717, 1.165) is 11.1 Å². The van der Waals surface area contributed by atoms with E-state index in [2.05, 4.69) is 10.4 Å². The number of urea groups is 1. The molecular weight excluding hydrogens is 356 g/mol. The maximum atomic E-state index is 12.9. The minimum absolute atomic E-state index is 0.00613. The average molecular weight is 384 g/mol. The molecule has 1 N–H and O–H groups in total. The number of nitrogens with one attached hydrogen (secondary N) is 1. The molecule has 1 fully saturated rings. The van der Waals surface area contributed by atoms with E-state index in [4.69, 9.17) is 0 Å². The highest BCUT2D eigenvalue weighted by molar-refractivity contribution is 5.83. The van der Waals surface area contributed by atoms with Gasteiger partial charge in [0.05, 0.1) is 6.20 Å². The van der Waals surface area contributed by atoms with Gasteiger partial charge in [-0.1, -0.05) is 30.3 Å². The summed E-state index contributed by atoms with van der Waals surface area (Å²) in [7, 11) is 5.41. The Morgan fingerprint density at radius 3 is 2.36 bits per heavy atom. The molecule has 150 valence electrons. The molecule has 1 atom stereocenters. The Morgan fingerprint density at radius 1 is 1.14 bits per heavy atom. The minimum Gasteiger partial charge on any atom is -0.337 e. The number of amides is 3. The topological polar surface area (TPSA) is 73.7 Å². The van der Waals surface area contributed by atoms with Crippen LogP contribution in [0.15, 0.2) is 42.7 Å². The SMILES string of the molecule is CNC(C(=O)N1CCN(C(=O)N(C)Cc2ccccc2)CC1)c1cnn(C)c1. The van der Waals surface area contributed by atoms with Crippen molar-refractivity contribution < 1.29 is 9.59 Å². The lowest BCUT2D eigenvalue weighted by atomic mass is 10.1. The fraction of sp³-hybridized carbons (Fsp3) is 0.450. The summed E-state index contributed by atoms with van der Waals surface area (Å²) in [5, 5.41) is 7.22. The van der Waals surface area contributed by atoms with Crippen molar-refractivity contribution in [3.63, 3.8) is 0 Å². The summed E-state index contributed by atoms with van der Waals surface area (Å²) in [5.41, 5.74) is 1.94. The summed E-state index contributed by atoms with van der Waals surface area (Å²) in [6.45, 7) is 2.70. The summed E-state index contributed by atoms with van der Waals surface area (Å²) >= 11 is 0. The average Bonchev–Trinajstić information content (AvgIpc) is 3.14. The molecule has 2 heterocycles. The summed E-state index contributed by atoms with van der Waals surface area (Å²) in [5.74, 6) is 0.0141. The van der Waals surface area contributed by atoms with Crippen molar-refractivity contribution in [1.29, 1.82) is 0 Å². The Hall–Kier alpha value is -2.87. The summed E-state index contributed by atoms with van der Waals surface area (Å²) in [6.07, 6.45) is 3.55. The smallest absolute Gasteiger partial charge is 0.320 e. The molecule has 8 heteroatoms. The van der Waals surface area contributed by atoms with Gasteiger partial charge in [0.15, 0.2) is 0 Å². The molecule has 28 heavy (non-hydrogen) atoms. The lowest BCUT2D eigenvalue weighted by Crippen LogP contribution is -2.54. The number of nitrogens with zero attached hydrogens (tertiary/aromatic N) is 5. The van der Waals surface area contributed by atoms with Crippen LogP contribution in [0.25, 0.3) is 0 Å². The zero-order chi connectivity index (χ0) is 20.1. The second-order valence-electron chi connectivity index (χ2n) is 7.11. The van der Waals surface area contributed by atoms with Crippen molar-refractivity contribution in [3.05, 3.63) is 53.9 Å². The van der Waals surface area contributed by atoms with Crippen LogP contribution in [0.5, 0.6) is 0 Å². The van der Waals surface area contributed by atoms with E-state index >= 15 is 0 Å². The first kappa shape index (κ1) is 19.9. The Labute approximate surface area is 165 Å². The number of piperazine rings is 1. The first-order valence-electron chi connectivity index (χ1n) is 9.48. The van der Waals surface area contributed by atoms with Gasteiger partial charge in [-0.15, -0.1) is 0 Å². The summed E-state index contributed by atoms with van der Waals surface area (Å²) in [4.78, 5) is 31.0. The van der Waals surface area contributed by atoms with Crippen molar-refractivity contribution in [2.45, 2.75) is 12.6 Å². The van der Waals surface area contributed by atoms with E-state index in [1.807, 2.05) is 60.4 Å². The third kappa shape index (κ3) is 4.51. The molecule has 0 bridgehead atoms. The van der Waals surface area contributed by atoms with Crippen LogP contribution in [0, 0.1) is 0 Å². The van der Waals surface area contributed by atoms with Gasteiger partial charge in [-0.05, 0) is 12.6 Å². The predicted octanol–water partition coefficient (Wildman–Crippen LogP) is 1.08. The van der Waals surface area contributed by atoms with Gasteiger partial charge in [0.1, 0.15) is 6.04 Å². The number of benzene rings is 1. The normalized spacial score (nSPS) is 15.4. The van der Waals surface area contributed by atoms with Gasteiger partial charge in [0.2, 0.25) is 5.91 Å². The van der Waals surface area contributed by atoms with E-state index in [1.54, 1.807) is 22.8 Å². The van der Waals surface area contributed by atoms with Crippen molar-refractivity contribution >= 4 is 11.9 Å². The zero-order valence-electron chi connectivity index (χ0n) is 16.7. The number of carbonyl (C=O) groups excluding carboxylic acids is 2. The molecule has 2 aromatic rings. The number of aryl methyl sites for hydroxylation is 1. The molecule has 0 aliphatic carbocycles. The molecule has 3 rings (SSSR count). The third-order valence-corrected chi connectivity index (χ3v) is 5.04. The second kappa shape index (κ2) is 8.88. The van der Waals surface area contributed by atoms with Crippen molar-refractivity contribution in [3.8, 4) is 0 Å². The third-order valence-electron chi connectivity index (χ3n) is 5.04. The van der Waals surface area contributed by atoms with Gasteiger partial charge in [-0.3, -0.25) is 9.48 Å². The monoisotopic (exact) mass is 384 g/mol. The number of hydrogen-bond donors (Lipinski definition) is 1. The number of rotatable bonds is 5. The molecule has 0 spiro atoms. The molecule has 1 saturated heterocycles. The largest absolute Gasteiger partial charge is 0.337 e. The highest BCUT2D eigenvalue weighted by Gasteiger charge is 2.30. The number of aromatic nitrogens is 2. The Kier molecular flexibility index (Phi) is 6.30. The second-order valence-corrected chi connectivity index (χ2v) is 7.11. The molecular formula is C20H28N6O2. The quantitative estimate of drug-likeness (QED) is 0.837. The Morgan fingerprint density at radius 2 is 1.79 bits per heavy atom. The first-order valence-corrected chi connectivity index (χ1v) is 9.48. The maximum absolute atomic E-state index is 12.9. The van der Waals surface area contributed by atoms with Crippen LogP contribution in [0.4, 0.5) is 4.79 Å². The number of hydrogen-bond acceptors (Lipinski definition) is 4. The fourth-order valence-corrected chi connectivity index (χ4v) is 3.49. The Balaban J connectivity index is 1.54. The predicted molar refractivity (Wildman–Crippen MR) is 106 cm³/mol. The van der Waals surface area contributed by atoms with Crippen LogP contribution in [0.1, 0.15) is 17.2 Å². The van der Waals surface area contributed by atoms with E-state index in [-0.39, 0.29) is 11.9 Å². The number of likely N-dealkylation sites (N-methyl/N-ethyl adjacent to an activating group) is 1. The van der Waals surface area contributed by atoms with Gasteiger partial charge in [0.25, 0.3) is 0 Å². The molecule has 1 aromatic heterocycles. The van der Waals surface area contributed by atoms with Crippen molar-refractivity contribution in [2.75, 3.05) is 40.3 Å². The lowest BCUT2D eigenvalue weighted by molar-refractivity contribution is -0.135. The van der Waals surface area contributed by atoms with Crippen LogP contribution in [-0.4, -0.2) is 76.7 Å². The van der Waals surface area contributed by atoms with Crippen molar-refractivity contribution in [2.24, 2.45) is 7.05 Å². The van der Waals surface area contributed by atoms with Crippen LogP contribution in [0.3, 0.4) is 0 Å². The van der Waals surface area contributed by atoms with Crippen LogP contribution < -0.4 is 5.32 Å². The maximum Gasteiger partial charge on any atom is 0.320 e. The summed E-state index contributed by atoms with van der Waals surface area (Å²) in [6, 6.07) is 9.50. The lowest BCUT2D eigenvalue weighted by Gasteiger charge is -2.37. The van der Waals surface area contributed by atoms with Gasteiger partial charge < -0.3 is 20.0 Å². The number of carbonyl (C=O) groups is 2. The minimum atomic E-state index is -0.420. The fourth-order valence-electron chi connectivity index (χ4n) is 3.49. The van der Waals surface area contributed by atoms with Crippen LogP contribution >= 0.6 is 0 Å². The van der Waals surface area contributed by atoms with Gasteiger partial charge in [-0.25, -0.2) is 4.79 Å². The van der Waals surface area contributed by atoms with Crippen LogP contribution in [0.2, 0.25) is 0 Å². The van der Waals surface area contributed by atoms with E-state index in [9.17, 15) is 9.59 Å². The van der Waals surface area contributed by atoms with Gasteiger partial charge in [-0.2, -0.15) is 5.10 Å². The van der Waals surface area contributed by atoms with E-state index in [0.29, 0.717) is 32.7 Å². The molecule has 1 aliphatic heterocycles. The highest BCUT2D eigenvalue weighted by Crippen LogP contribution is 2.17. The molecule has 3 amide bonds. The molecule has 1 aliphatic rings. The van der Waals surface area contributed by atoms with E-state index < -0.39 is 6.04 Å². The van der Waals surface area contributed by atoms with E-state index in [1.165, 1.54) is 0 Å². The standard InChI is InChI=1S/C20H28N6O2/c1-21-18(17-13-22-24(3)15-17)19(27)25-9-11-26(12-10-25)20(28)23(2)14-16-7-5-4-6-8-16/h4-8,13,15,18,21H,9-12,14H2,1-3H3. The molecule has 8 nitrogen and oxygen atoms in total. The van der Waals surface area contributed by atoms with Gasteiger partial charge in [0, 0.05) is 58.6 Å². The molecule has 0 radical (unpaired) electrons. The summed E-state index contributed by atoms with van der Waals surface area (Å²) < 4.78 is 1.69. The molecule has 1 aromatic carbocycles. The Bertz CT molecular complexity index is 798. The zero-order valence-corrected chi connectivity index (χ0v) is 16.7. The van der Waals surface area contributed by atoms with Gasteiger partial charge >= 0.3 is 6.03 Å². The highest BCUT2D eigenvalue weighted by atomic mass is 16.2. The van der Waals surface area contributed by atoms with Crippen LogP contribution in [-0.2, 0) is 18.4 Å². The molecule has 0 saturated carbocycles.